The molecule has 1 aliphatic heterocycles. The standard InChI is InChI=1S/C13H22N2O3/c1-8(16)13(2,3)14-12(18)9-6-11(17)15(7-9)10-4-5-10/h8-10,16H,4-7H2,1-3H3,(H,14,18). The van der Waals surface area contributed by atoms with Crippen molar-refractivity contribution in [1.82, 2.24) is 10.2 Å². The Morgan fingerprint density at radius 2 is 2.11 bits per heavy atom. The van der Waals surface area contributed by atoms with Crippen LogP contribution in [0.25, 0.3) is 0 Å². The molecule has 0 bridgehead atoms. The second-order valence-corrected chi connectivity index (χ2v) is 6.07. The Morgan fingerprint density at radius 3 is 2.61 bits per heavy atom. The van der Waals surface area contributed by atoms with Crippen molar-refractivity contribution in [1.29, 1.82) is 0 Å². The summed E-state index contributed by atoms with van der Waals surface area (Å²) in [5.74, 6) is -0.305. The third-order valence-electron chi connectivity index (χ3n) is 4.01. The lowest BCUT2D eigenvalue weighted by molar-refractivity contribution is -0.130. The molecule has 18 heavy (non-hydrogen) atoms. The van der Waals surface area contributed by atoms with E-state index >= 15 is 0 Å². The molecule has 1 aliphatic carbocycles. The average molecular weight is 254 g/mol. The van der Waals surface area contributed by atoms with Crippen LogP contribution in [0.1, 0.15) is 40.0 Å². The van der Waals surface area contributed by atoms with Gasteiger partial charge in [0.05, 0.1) is 17.6 Å². The van der Waals surface area contributed by atoms with Crippen LogP contribution in [-0.2, 0) is 9.59 Å². The molecule has 0 aromatic carbocycles. The Labute approximate surface area is 108 Å². The van der Waals surface area contributed by atoms with E-state index in [1.165, 1.54) is 0 Å². The van der Waals surface area contributed by atoms with Gasteiger partial charge in [0.25, 0.3) is 0 Å². The smallest absolute Gasteiger partial charge is 0.225 e. The van der Waals surface area contributed by atoms with Crippen LogP contribution < -0.4 is 5.32 Å². The van der Waals surface area contributed by atoms with Crippen LogP contribution >= 0.6 is 0 Å². The number of aliphatic hydroxyl groups is 1. The van der Waals surface area contributed by atoms with Crippen molar-refractivity contribution >= 4 is 11.8 Å². The van der Waals surface area contributed by atoms with Gasteiger partial charge in [0, 0.05) is 19.0 Å². The highest BCUT2D eigenvalue weighted by Crippen LogP contribution is 2.32. The van der Waals surface area contributed by atoms with Crippen LogP contribution in [0.15, 0.2) is 0 Å². The Kier molecular flexibility index (Phi) is 3.36. The average Bonchev–Trinajstić information content (AvgIpc) is 3.01. The van der Waals surface area contributed by atoms with Crippen molar-refractivity contribution in [2.45, 2.75) is 57.7 Å². The van der Waals surface area contributed by atoms with Crippen molar-refractivity contribution in [3.8, 4) is 0 Å². The minimum atomic E-state index is -0.660. The van der Waals surface area contributed by atoms with E-state index < -0.39 is 11.6 Å². The molecule has 2 fully saturated rings. The van der Waals surface area contributed by atoms with E-state index in [1.54, 1.807) is 20.8 Å². The first-order valence-electron chi connectivity index (χ1n) is 6.61. The van der Waals surface area contributed by atoms with Crippen molar-refractivity contribution in [3.05, 3.63) is 0 Å². The maximum Gasteiger partial charge on any atom is 0.225 e. The van der Waals surface area contributed by atoms with Gasteiger partial charge in [-0.15, -0.1) is 0 Å². The normalized spacial score (nSPS) is 26.3. The van der Waals surface area contributed by atoms with Gasteiger partial charge >= 0.3 is 0 Å². The number of carbonyl (C=O) groups is 2. The molecule has 2 aliphatic rings. The lowest BCUT2D eigenvalue weighted by Crippen LogP contribution is -2.53. The van der Waals surface area contributed by atoms with E-state index in [0.717, 1.165) is 12.8 Å². The number of likely N-dealkylation sites (tertiary alicyclic amines) is 1. The second-order valence-electron chi connectivity index (χ2n) is 6.07. The van der Waals surface area contributed by atoms with Gasteiger partial charge in [-0.05, 0) is 33.6 Å². The number of hydrogen-bond acceptors (Lipinski definition) is 3. The highest BCUT2D eigenvalue weighted by Gasteiger charge is 2.42. The molecule has 1 heterocycles. The summed E-state index contributed by atoms with van der Waals surface area (Å²) in [6, 6.07) is 0.375. The molecule has 102 valence electrons. The van der Waals surface area contributed by atoms with Gasteiger partial charge in [-0.2, -0.15) is 0 Å². The molecule has 1 saturated carbocycles. The minimum absolute atomic E-state index is 0.0903. The van der Waals surface area contributed by atoms with Crippen LogP contribution in [0.4, 0.5) is 0 Å². The molecule has 2 unspecified atom stereocenters. The number of rotatable bonds is 4. The summed E-state index contributed by atoms with van der Waals surface area (Å²) >= 11 is 0. The van der Waals surface area contributed by atoms with Gasteiger partial charge < -0.3 is 15.3 Å². The molecule has 2 amide bonds. The largest absolute Gasteiger partial charge is 0.391 e. The minimum Gasteiger partial charge on any atom is -0.391 e. The first-order chi connectivity index (χ1) is 8.31. The number of amides is 2. The number of hydrogen-bond donors (Lipinski definition) is 2. The molecule has 1 saturated heterocycles. The quantitative estimate of drug-likeness (QED) is 0.756. The van der Waals surface area contributed by atoms with Gasteiger partial charge in [-0.1, -0.05) is 0 Å². The molecule has 5 heteroatoms. The monoisotopic (exact) mass is 254 g/mol. The Hall–Kier alpha value is -1.10. The molecule has 0 spiro atoms. The van der Waals surface area contributed by atoms with Gasteiger partial charge in [0.15, 0.2) is 0 Å². The molecule has 2 N–H and O–H groups in total. The number of nitrogens with one attached hydrogen (secondary N) is 1. The lowest BCUT2D eigenvalue weighted by Gasteiger charge is -2.30. The first-order valence-corrected chi connectivity index (χ1v) is 6.61. The van der Waals surface area contributed by atoms with Gasteiger partial charge in [-0.3, -0.25) is 9.59 Å². The van der Waals surface area contributed by atoms with Crippen LogP contribution in [-0.4, -0.2) is 46.1 Å². The zero-order chi connectivity index (χ0) is 13.5. The Bertz CT molecular complexity index is 361. The molecule has 0 radical (unpaired) electrons. The molecular weight excluding hydrogens is 232 g/mol. The SMILES string of the molecule is CC(O)C(C)(C)NC(=O)C1CC(=O)N(C2CC2)C1. The fourth-order valence-corrected chi connectivity index (χ4v) is 2.17. The fourth-order valence-electron chi connectivity index (χ4n) is 2.17. The first kappa shape index (κ1) is 13.3. The maximum absolute atomic E-state index is 12.1. The summed E-state index contributed by atoms with van der Waals surface area (Å²) < 4.78 is 0. The number of nitrogens with zero attached hydrogens (tertiary/aromatic N) is 1. The predicted octanol–water partition coefficient (Wildman–Crippen LogP) is 0.273. The van der Waals surface area contributed by atoms with E-state index in [1.807, 2.05) is 4.90 Å². The third-order valence-corrected chi connectivity index (χ3v) is 4.01. The highest BCUT2D eigenvalue weighted by molar-refractivity contribution is 5.89. The van der Waals surface area contributed by atoms with Crippen molar-refractivity contribution in [3.63, 3.8) is 0 Å². The van der Waals surface area contributed by atoms with E-state index in [4.69, 9.17) is 0 Å². The number of carbonyl (C=O) groups excluding carboxylic acids is 2. The summed E-state index contributed by atoms with van der Waals surface area (Å²) in [7, 11) is 0. The van der Waals surface area contributed by atoms with E-state index in [0.29, 0.717) is 19.0 Å². The summed E-state index contributed by atoms with van der Waals surface area (Å²) in [4.78, 5) is 25.7. The van der Waals surface area contributed by atoms with Crippen molar-refractivity contribution in [2.75, 3.05) is 6.54 Å². The summed E-state index contributed by atoms with van der Waals surface area (Å²) in [6.07, 6.45) is 1.81. The van der Waals surface area contributed by atoms with Gasteiger partial charge in [0.2, 0.25) is 11.8 Å². The Morgan fingerprint density at radius 1 is 1.50 bits per heavy atom. The van der Waals surface area contributed by atoms with Crippen LogP contribution in [0.3, 0.4) is 0 Å². The molecular formula is C13H22N2O3. The lowest BCUT2D eigenvalue weighted by atomic mass is 9.97. The maximum atomic E-state index is 12.1. The topological polar surface area (TPSA) is 69.6 Å². The summed E-state index contributed by atoms with van der Waals surface area (Å²) in [5.41, 5.74) is -0.660. The Balaban J connectivity index is 1.92. The molecule has 2 atom stereocenters. The van der Waals surface area contributed by atoms with Crippen molar-refractivity contribution < 1.29 is 14.7 Å². The van der Waals surface area contributed by atoms with Crippen LogP contribution in [0.5, 0.6) is 0 Å². The molecule has 5 nitrogen and oxygen atoms in total. The van der Waals surface area contributed by atoms with E-state index in [-0.39, 0.29) is 17.7 Å². The van der Waals surface area contributed by atoms with Gasteiger partial charge in [-0.25, -0.2) is 0 Å². The van der Waals surface area contributed by atoms with E-state index in [9.17, 15) is 14.7 Å². The van der Waals surface area contributed by atoms with Crippen LogP contribution in [0, 0.1) is 5.92 Å². The van der Waals surface area contributed by atoms with Crippen molar-refractivity contribution in [2.24, 2.45) is 5.92 Å². The highest BCUT2D eigenvalue weighted by atomic mass is 16.3. The molecule has 0 aromatic heterocycles. The number of aliphatic hydroxyl groups excluding tert-OH is 1. The zero-order valence-electron chi connectivity index (χ0n) is 11.3. The molecule has 2 rings (SSSR count). The molecule has 0 aromatic rings. The fraction of sp³-hybridized carbons (Fsp3) is 0.846. The summed E-state index contributed by atoms with van der Waals surface area (Å²) in [5, 5.41) is 12.4. The zero-order valence-corrected chi connectivity index (χ0v) is 11.3. The third kappa shape index (κ3) is 2.66. The predicted molar refractivity (Wildman–Crippen MR) is 66.7 cm³/mol. The summed E-state index contributed by atoms with van der Waals surface area (Å²) in [6.45, 7) is 5.75. The van der Waals surface area contributed by atoms with E-state index in [2.05, 4.69) is 5.32 Å². The second kappa shape index (κ2) is 4.53. The van der Waals surface area contributed by atoms with Crippen LogP contribution in [0.2, 0.25) is 0 Å². The van der Waals surface area contributed by atoms with Gasteiger partial charge in [0.1, 0.15) is 0 Å².